The number of hydrogen-bond donors (Lipinski definition) is 3. The second-order valence-electron chi connectivity index (χ2n) is 4.05. The van der Waals surface area contributed by atoms with Crippen molar-refractivity contribution in [1.82, 2.24) is 0 Å². The third-order valence-corrected chi connectivity index (χ3v) is 3.08. The predicted molar refractivity (Wildman–Crippen MR) is 88.7 cm³/mol. The Bertz CT molecular complexity index is 616. The predicted octanol–water partition coefficient (Wildman–Crippen LogP) is 3.74. The van der Waals surface area contributed by atoms with Gasteiger partial charge >= 0.3 is 0 Å². The number of nitrogens with one attached hydrogen (secondary N) is 2. The summed E-state index contributed by atoms with van der Waals surface area (Å²) in [7, 11) is 1.57. The lowest BCUT2D eigenvalue weighted by Crippen LogP contribution is -2.19. The zero-order valence-electron chi connectivity index (χ0n) is 10.8. The van der Waals surface area contributed by atoms with E-state index >= 15 is 0 Å². The molecule has 2 rings (SSSR count). The minimum Gasteiger partial charge on any atom is -0.495 e. The Labute approximate surface area is 127 Å². The molecule has 0 unspecified atom stereocenters. The molecule has 0 saturated carbocycles. The van der Waals surface area contributed by atoms with Crippen LogP contribution in [0.4, 0.5) is 17.1 Å². The third-order valence-electron chi connectivity index (χ3n) is 2.58. The zero-order chi connectivity index (χ0) is 14.5. The summed E-state index contributed by atoms with van der Waals surface area (Å²) in [6.45, 7) is 0. The molecule has 2 aromatic carbocycles. The Hall–Kier alpha value is -1.98. The van der Waals surface area contributed by atoms with Crippen LogP contribution in [-0.2, 0) is 0 Å². The van der Waals surface area contributed by atoms with E-state index in [1.807, 2.05) is 18.2 Å². The van der Waals surface area contributed by atoms with E-state index in [0.29, 0.717) is 21.6 Å². The van der Waals surface area contributed by atoms with Crippen molar-refractivity contribution in [2.45, 2.75) is 0 Å². The summed E-state index contributed by atoms with van der Waals surface area (Å²) in [5.74, 6) is 0.620. The number of benzene rings is 2. The van der Waals surface area contributed by atoms with Crippen molar-refractivity contribution in [3.05, 3.63) is 47.5 Å². The number of rotatable bonds is 3. The molecule has 0 aliphatic rings. The van der Waals surface area contributed by atoms with Crippen LogP contribution in [-0.4, -0.2) is 12.2 Å². The summed E-state index contributed by atoms with van der Waals surface area (Å²) in [5.41, 5.74) is 7.97. The lowest BCUT2D eigenvalue weighted by Gasteiger charge is -2.12. The van der Waals surface area contributed by atoms with E-state index in [4.69, 9.17) is 34.3 Å². The van der Waals surface area contributed by atoms with Crippen LogP contribution in [0.2, 0.25) is 5.02 Å². The molecular weight excluding hydrogens is 294 g/mol. The van der Waals surface area contributed by atoms with E-state index in [2.05, 4.69) is 10.6 Å². The van der Waals surface area contributed by atoms with Crippen molar-refractivity contribution >= 4 is 46.0 Å². The Morgan fingerprint density at radius 2 is 1.70 bits per heavy atom. The van der Waals surface area contributed by atoms with Crippen molar-refractivity contribution < 1.29 is 4.74 Å². The van der Waals surface area contributed by atoms with Crippen LogP contribution in [0.1, 0.15) is 0 Å². The van der Waals surface area contributed by atoms with Gasteiger partial charge in [0.1, 0.15) is 5.75 Å². The van der Waals surface area contributed by atoms with Gasteiger partial charge in [0.05, 0.1) is 12.1 Å². The second-order valence-corrected chi connectivity index (χ2v) is 4.87. The molecule has 0 saturated heterocycles. The summed E-state index contributed by atoms with van der Waals surface area (Å²) in [6.07, 6.45) is 0. The number of nitrogen functional groups attached to an aromatic ring is 1. The van der Waals surface area contributed by atoms with Gasteiger partial charge in [-0.25, -0.2) is 0 Å². The molecule has 104 valence electrons. The lowest BCUT2D eigenvalue weighted by atomic mass is 10.3. The van der Waals surface area contributed by atoms with Gasteiger partial charge in [-0.05, 0) is 54.7 Å². The molecule has 0 aromatic heterocycles. The molecule has 4 N–H and O–H groups in total. The molecule has 0 amide bonds. The smallest absolute Gasteiger partial charge is 0.175 e. The lowest BCUT2D eigenvalue weighted by molar-refractivity contribution is 0.415. The molecule has 20 heavy (non-hydrogen) atoms. The first-order valence-electron chi connectivity index (χ1n) is 5.85. The average Bonchev–Trinajstić information content (AvgIpc) is 2.41. The Kier molecular flexibility index (Phi) is 4.65. The number of ether oxygens (including phenoxy) is 1. The highest BCUT2D eigenvalue weighted by Crippen LogP contribution is 2.27. The first-order chi connectivity index (χ1) is 9.58. The van der Waals surface area contributed by atoms with Crippen molar-refractivity contribution in [3.63, 3.8) is 0 Å². The Morgan fingerprint density at radius 1 is 1.10 bits per heavy atom. The van der Waals surface area contributed by atoms with E-state index in [-0.39, 0.29) is 0 Å². The van der Waals surface area contributed by atoms with Crippen LogP contribution in [0.15, 0.2) is 42.5 Å². The first kappa shape index (κ1) is 14.4. The normalized spacial score (nSPS) is 9.90. The summed E-state index contributed by atoms with van der Waals surface area (Å²) >= 11 is 11.3. The van der Waals surface area contributed by atoms with E-state index in [9.17, 15) is 0 Å². The number of hydrogen-bond acceptors (Lipinski definition) is 3. The van der Waals surface area contributed by atoms with Crippen molar-refractivity contribution in [2.75, 3.05) is 23.5 Å². The van der Waals surface area contributed by atoms with Crippen LogP contribution in [0.25, 0.3) is 0 Å². The van der Waals surface area contributed by atoms with Crippen molar-refractivity contribution in [1.29, 1.82) is 0 Å². The number of anilines is 3. The summed E-state index contributed by atoms with van der Waals surface area (Å²) in [5, 5.41) is 7.09. The highest BCUT2D eigenvalue weighted by atomic mass is 35.5. The van der Waals surface area contributed by atoms with Crippen LogP contribution in [0, 0.1) is 0 Å². The summed E-state index contributed by atoms with van der Waals surface area (Å²) < 4.78 is 5.09. The van der Waals surface area contributed by atoms with Gasteiger partial charge in [0.2, 0.25) is 0 Å². The van der Waals surface area contributed by atoms with Gasteiger partial charge in [-0.15, -0.1) is 0 Å². The number of thiocarbonyl (C=S) groups is 1. The van der Waals surface area contributed by atoms with Gasteiger partial charge in [0.25, 0.3) is 0 Å². The molecule has 0 heterocycles. The van der Waals surface area contributed by atoms with Gasteiger partial charge in [0, 0.05) is 17.1 Å². The van der Waals surface area contributed by atoms with E-state index in [1.165, 1.54) is 0 Å². The fraction of sp³-hybridized carbons (Fsp3) is 0.0714. The molecule has 0 aliphatic carbocycles. The maximum absolute atomic E-state index is 6.05. The molecule has 0 bridgehead atoms. The average molecular weight is 308 g/mol. The topological polar surface area (TPSA) is 59.3 Å². The molecule has 0 radical (unpaired) electrons. The molecular formula is C14H14ClN3OS. The fourth-order valence-electron chi connectivity index (χ4n) is 1.60. The largest absolute Gasteiger partial charge is 0.495 e. The number of methoxy groups -OCH3 is 1. The van der Waals surface area contributed by atoms with Gasteiger partial charge in [-0.1, -0.05) is 11.6 Å². The zero-order valence-corrected chi connectivity index (χ0v) is 12.4. The number of halogens is 1. The van der Waals surface area contributed by atoms with Crippen LogP contribution < -0.4 is 21.1 Å². The van der Waals surface area contributed by atoms with Crippen molar-refractivity contribution in [2.24, 2.45) is 0 Å². The quantitative estimate of drug-likeness (QED) is 0.595. The fourth-order valence-corrected chi connectivity index (χ4v) is 2.10. The van der Waals surface area contributed by atoms with Gasteiger partial charge in [-0.3, -0.25) is 0 Å². The van der Waals surface area contributed by atoms with Crippen LogP contribution in [0.5, 0.6) is 5.75 Å². The van der Waals surface area contributed by atoms with Gasteiger partial charge < -0.3 is 21.1 Å². The maximum Gasteiger partial charge on any atom is 0.175 e. The molecule has 0 atom stereocenters. The molecule has 4 nitrogen and oxygen atoms in total. The Balaban J connectivity index is 2.01. The van der Waals surface area contributed by atoms with Crippen LogP contribution in [0.3, 0.4) is 0 Å². The van der Waals surface area contributed by atoms with Crippen molar-refractivity contribution in [3.8, 4) is 5.75 Å². The number of nitrogens with two attached hydrogens (primary N) is 1. The molecule has 0 fully saturated rings. The molecule has 0 spiro atoms. The monoisotopic (exact) mass is 307 g/mol. The molecule has 6 heteroatoms. The maximum atomic E-state index is 6.05. The minimum absolute atomic E-state index is 0.469. The van der Waals surface area contributed by atoms with E-state index < -0.39 is 0 Å². The molecule has 0 aliphatic heterocycles. The Morgan fingerprint density at radius 3 is 2.30 bits per heavy atom. The van der Waals surface area contributed by atoms with Gasteiger partial charge in [0.15, 0.2) is 5.11 Å². The van der Waals surface area contributed by atoms with E-state index in [1.54, 1.807) is 31.4 Å². The SMILES string of the molecule is COc1ccc(NC(=S)Nc2ccc(N)cc2)cc1Cl. The first-order valence-corrected chi connectivity index (χ1v) is 6.64. The van der Waals surface area contributed by atoms with E-state index in [0.717, 1.165) is 11.4 Å². The summed E-state index contributed by atoms with van der Waals surface area (Å²) in [6, 6.07) is 12.7. The highest BCUT2D eigenvalue weighted by molar-refractivity contribution is 7.80. The molecule has 2 aromatic rings. The standard InChI is InChI=1S/C14H14ClN3OS/c1-19-13-7-6-11(8-12(13)15)18-14(20)17-10-4-2-9(16)3-5-10/h2-8H,16H2,1H3,(H2,17,18,20). The van der Waals surface area contributed by atoms with Gasteiger partial charge in [-0.2, -0.15) is 0 Å². The second kappa shape index (κ2) is 6.45. The highest BCUT2D eigenvalue weighted by Gasteiger charge is 2.03. The summed E-state index contributed by atoms with van der Waals surface area (Å²) in [4.78, 5) is 0. The third kappa shape index (κ3) is 3.76. The minimum atomic E-state index is 0.469. The van der Waals surface area contributed by atoms with Crippen LogP contribution >= 0.6 is 23.8 Å².